The van der Waals surface area contributed by atoms with Gasteiger partial charge in [0.05, 0.1) is 6.54 Å². The van der Waals surface area contributed by atoms with Gasteiger partial charge in [-0.05, 0) is 43.7 Å². The fourth-order valence-corrected chi connectivity index (χ4v) is 3.19. The van der Waals surface area contributed by atoms with Crippen LogP contribution in [0.3, 0.4) is 0 Å². The third-order valence-electron chi connectivity index (χ3n) is 4.89. The molecule has 6 nitrogen and oxygen atoms in total. The molecule has 2 N–H and O–H groups in total. The molecule has 1 aliphatic heterocycles. The van der Waals surface area contributed by atoms with Crippen LogP contribution in [0.15, 0.2) is 12.1 Å². The van der Waals surface area contributed by atoms with E-state index in [1.165, 1.54) is 5.69 Å². The van der Waals surface area contributed by atoms with Gasteiger partial charge in [-0.15, -0.1) is 0 Å². The van der Waals surface area contributed by atoms with Crippen molar-refractivity contribution < 1.29 is 9.59 Å². The molecule has 0 spiro atoms. The van der Waals surface area contributed by atoms with Gasteiger partial charge in [0, 0.05) is 44.5 Å². The van der Waals surface area contributed by atoms with E-state index in [9.17, 15) is 9.59 Å². The monoisotopic (exact) mass is 348 g/mol. The first-order valence-corrected chi connectivity index (χ1v) is 9.27. The Hall–Kier alpha value is -1.98. The second-order valence-electron chi connectivity index (χ2n) is 7.54. The lowest BCUT2D eigenvalue weighted by molar-refractivity contribution is -0.122. The Morgan fingerprint density at radius 3 is 2.68 bits per heavy atom. The van der Waals surface area contributed by atoms with E-state index >= 15 is 0 Å². The number of carbonyl (C=O) groups is 2. The highest BCUT2D eigenvalue weighted by atomic mass is 16.2. The first-order valence-electron chi connectivity index (χ1n) is 9.27. The third-order valence-corrected chi connectivity index (χ3v) is 4.89. The molecule has 1 aromatic heterocycles. The standard InChI is InChI=1S/C19H32N4O2/c1-14(2)11-21-19(25)23-9-5-6-16(13-23)10-18(24)20-12-17-8-7-15(3)22(17)4/h7-8,14,16H,5-6,9-13H2,1-4H3,(H,20,24)(H,21,25)/t16-/m0/s1. The molecule has 3 amide bonds. The van der Waals surface area contributed by atoms with E-state index in [0.29, 0.717) is 32.0 Å². The van der Waals surface area contributed by atoms with Crippen LogP contribution in [0, 0.1) is 18.8 Å². The van der Waals surface area contributed by atoms with Crippen molar-refractivity contribution in [2.24, 2.45) is 18.9 Å². The molecule has 1 atom stereocenters. The van der Waals surface area contributed by atoms with Crippen LogP contribution in [0.5, 0.6) is 0 Å². The minimum absolute atomic E-state index is 0.00177. The van der Waals surface area contributed by atoms with Crippen molar-refractivity contribution >= 4 is 11.9 Å². The number of urea groups is 1. The number of carbonyl (C=O) groups excluding carboxylic acids is 2. The number of hydrogen-bond acceptors (Lipinski definition) is 2. The predicted octanol–water partition coefficient (Wildman–Crippen LogP) is 2.42. The van der Waals surface area contributed by atoms with Crippen LogP contribution in [0.2, 0.25) is 0 Å². The van der Waals surface area contributed by atoms with Gasteiger partial charge in [-0.2, -0.15) is 0 Å². The Balaban J connectivity index is 1.76. The number of aromatic nitrogens is 1. The maximum Gasteiger partial charge on any atom is 0.317 e. The van der Waals surface area contributed by atoms with Crippen LogP contribution in [0.4, 0.5) is 4.79 Å². The quantitative estimate of drug-likeness (QED) is 0.829. The summed E-state index contributed by atoms with van der Waals surface area (Å²) < 4.78 is 2.09. The highest BCUT2D eigenvalue weighted by Gasteiger charge is 2.25. The van der Waals surface area contributed by atoms with Gasteiger partial charge in [-0.25, -0.2) is 4.79 Å². The normalized spacial score (nSPS) is 17.6. The summed E-state index contributed by atoms with van der Waals surface area (Å²) >= 11 is 0. The van der Waals surface area contributed by atoms with Crippen LogP contribution in [0.1, 0.15) is 44.5 Å². The van der Waals surface area contributed by atoms with Crippen LogP contribution in [-0.2, 0) is 18.4 Å². The number of nitrogens with zero attached hydrogens (tertiary/aromatic N) is 2. The van der Waals surface area contributed by atoms with Crippen LogP contribution in [-0.4, -0.2) is 41.0 Å². The lowest BCUT2D eigenvalue weighted by Crippen LogP contribution is -2.47. The van der Waals surface area contributed by atoms with E-state index in [0.717, 1.165) is 25.1 Å². The minimum Gasteiger partial charge on any atom is -0.351 e. The van der Waals surface area contributed by atoms with Gasteiger partial charge in [-0.3, -0.25) is 4.79 Å². The Kier molecular flexibility index (Phi) is 6.91. The maximum absolute atomic E-state index is 12.3. The van der Waals surface area contributed by atoms with Gasteiger partial charge < -0.3 is 20.1 Å². The van der Waals surface area contributed by atoms with Crippen molar-refractivity contribution in [2.45, 2.75) is 46.6 Å². The molecule has 1 aliphatic rings. The maximum atomic E-state index is 12.3. The molecular weight excluding hydrogens is 316 g/mol. The highest BCUT2D eigenvalue weighted by Crippen LogP contribution is 2.19. The molecule has 1 fully saturated rings. The molecule has 0 bridgehead atoms. The Bertz CT molecular complexity index is 594. The van der Waals surface area contributed by atoms with E-state index < -0.39 is 0 Å². The zero-order valence-corrected chi connectivity index (χ0v) is 16.0. The molecular formula is C19H32N4O2. The van der Waals surface area contributed by atoms with Crippen molar-refractivity contribution in [3.05, 3.63) is 23.5 Å². The number of amides is 3. The van der Waals surface area contributed by atoms with Gasteiger partial charge in [0.25, 0.3) is 0 Å². The van der Waals surface area contributed by atoms with Gasteiger partial charge in [-0.1, -0.05) is 13.8 Å². The first kappa shape index (κ1) is 19.3. The van der Waals surface area contributed by atoms with Gasteiger partial charge >= 0.3 is 6.03 Å². The van der Waals surface area contributed by atoms with Crippen molar-refractivity contribution in [3.8, 4) is 0 Å². The Labute approximate surface area is 151 Å². The van der Waals surface area contributed by atoms with Gasteiger partial charge in [0.2, 0.25) is 5.91 Å². The Morgan fingerprint density at radius 1 is 1.28 bits per heavy atom. The number of likely N-dealkylation sites (tertiary alicyclic amines) is 1. The molecule has 0 aromatic carbocycles. The lowest BCUT2D eigenvalue weighted by Gasteiger charge is -2.32. The van der Waals surface area contributed by atoms with E-state index in [1.54, 1.807) is 0 Å². The molecule has 0 saturated carbocycles. The number of aryl methyl sites for hydroxylation is 1. The van der Waals surface area contributed by atoms with Crippen molar-refractivity contribution in [1.82, 2.24) is 20.1 Å². The molecule has 0 aliphatic carbocycles. The van der Waals surface area contributed by atoms with Crippen LogP contribution in [0.25, 0.3) is 0 Å². The topological polar surface area (TPSA) is 66.4 Å². The lowest BCUT2D eigenvalue weighted by atomic mass is 9.94. The Morgan fingerprint density at radius 2 is 2.04 bits per heavy atom. The summed E-state index contributed by atoms with van der Waals surface area (Å²) in [6.07, 6.45) is 2.45. The average Bonchev–Trinajstić information content (AvgIpc) is 2.90. The molecule has 2 rings (SSSR count). The van der Waals surface area contributed by atoms with Gasteiger partial charge in [0.1, 0.15) is 0 Å². The molecule has 140 valence electrons. The van der Waals surface area contributed by atoms with Crippen molar-refractivity contribution in [2.75, 3.05) is 19.6 Å². The summed E-state index contributed by atoms with van der Waals surface area (Å²) in [4.78, 5) is 26.3. The average molecular weight is 348 g/mol. The second kappa shape index (κ2) is 8.92. The van der Waals surface area contributed by atoms with Crippen molar-refractivity contribution in [1.29, 1.82) is 0 Å². The summed E-state index contributed by atoms with van der Waals surface area (Å²) in [5, 5.41) is 5.97. The van der Waals surface area contributed by atoms with E-state index in [-0.39, 0.29) is 17.9 Å². The molecule has 1 aromatic rings. The van der Waals surface area contributed by atoms with Crippen LogP contribution < -0.4 is 10.6 Å². The largest absolute Gasteiger partial charge is 0.351 e. The summed E-state index contributed by atoms with van der Waals surface area (Å²) in [5.41, 5.74) is 2.28. The summed E-state index contributed by atoms with van der Waals surface area (Å²) in [5.74, 6) is 0.749. The molecule has 1 saturated heterocycles. The second-order valence-corrected chi connectivity index (χ2v) is 7.54. The fourth-order valence-electron chi connectivity index (χ4n) is 3.19. The number of hydrogen-bond donors (Lipinski definition) is 2. The zero-order valence-electron chi connectivity index (χ0n) is 16.0. The summed E-state index contributed by atoms with van der Waals surface area (Å²) in [6.45, 7) is 8.90. The number of rotatable bonds is 6. The number of nitrogens with one attached hydrogen (secondary N) is 2. The smallest absolute Gasteiger partial charge is 0.317 e. The molecule has 0 unspecified atom stereocenters. The van der Waals surface area contributed by atoms with Crippen LogP contribution >= 0.6 is 0 Å². The first-order chi connectivity index (χ1) is 11.9. The predicted molar refractivity (Wildman–Crippen MR) is 99.1 cm³/mol. The molecule has 0 radical (unpaired) electrons. The van der Waals surface area contributed by atoms with Gasteiger partial charge in [0.15, 0.2) is 0 Å². The summed E-state index contributed by atoms with van der Waals surface area (Å²) in [7, 11) is 2.01. The SMILES string of the molecule is Cc1ccc(CNC(=O)C[C@@H]2CCCN(C(=O)NCC(C)C)C2)n1C. The zero-order chi connectivity index (χ0) is 18.4. The van der Waals surface area contributed by atoms with E-state index in [4.69, 9.17) is 0 Å². The molecule has 6 heteroatoms. The third kappa shape index (κ3) is 5.80. The molecule has 25 heavy (non-hydrogen) atoms. The minimum atomic E-state index is -0.00177. The summed E-state index contributed by atoms with van der Waals surface area (Å²) in [6, 6.07) is 4.09. The van der Waals surface area contributed by atoms with E-state index in [2.05, 4.69) is 35.1 Å². The van der Waals surface area contributed by atoms with Crippen molar-refractivity contribution in [3.63, 3.8) is 0 Å². The van der Waals surface area contributed by atoms with E-state index in [1.807, 2.05) is 24.9 Å². The number of piperidine rings is 1. The highest BCUT2D eigenvalue weighted by molar-refractivity contribution is 5.77. The molecule has 2 heterocycles. The fraction of sp³-hybridized carbons (Fsp3) is 0.684.